The van der Waals surface area contributed by atoms with Crippen LogP contribution in [0, 0.1) is 0 Å². The van der Waals surface area contributed by atoms with Gasteiger partial charge in [0.15, 0.2) is 6.61 Å². The van der Waals surface area contributed by atoms with Crippen LogP contribution >= 0.6 is 0 Å². The lowest BCUT2D eigenvalue weighted by Crippen LogP contribution is -2.18. The van der Waals surface area contributed by atoms with Gasteiger partial charge in [0.1, 0.15) is 24.2 Å². The molecule has 4 nitrogen and oxygen atoms in total. The van der Waals surface area contributed by atoms with Gasteiger partial charge in [-0.05, 0) is 64.0 Å². The molecule has 0 fully saturated rings. The Morgan fingerprint density at radius 1 is 1.09 bits per heavy atom. The van der Waals surface area contributed by atoms with Crippen molar-refractivity contribution in [2.45, 2.75) is 53.6 Å². The standard InChI is InChI=1S/C19H29NO3/c1-6-17(7-2)20-22-14-16(5)23-19-10-8-18(9-11-19)21-13-12-15(3)4/h8-12,16H,6-7,13-14H2,1-5H3. The molecule has 0 amide bonds. The quantitative estimate of drug-likeness (QED) is 0.346. The van der Waals surface area contributed by atoms with E-state index in [-0.39, 0.29) is 6.10 Å². The van der Waals surface area contributed by atoms with Crippen molar-refractivity contribution < 1.29 is 14.3 Å². The first-order chi connectivity index (χ1) is 11.0. The fourth-order valence-electron chi connectivity index (χ4n) is 1.80. The summed E-state index contributed by atoms with van der Waals surface area (Å²) in [6.45, 7) is 11.2. The average molecular weight is 319 g/mol. The molecule has 0 aromatic heterocycles. The molecule has 23 heavy (non-hydrogen) atoms. The van der Waals surface area contributed by atoms with E-state index in [1.165, 1.54) is 5.57 Å². The summed E-state index contributed by atoms with van der Waals surface area (Å²) in [5, 5.41) is 4.12. The molecule has 1 aromatic rings. The molecule has 1 unspecified atom stereocenters. The summed E-state index contributed by atoms with van der Waals surface area (Å²) >= 11 is 0. The van der Waals surface area contributed by atoms with Crippen molar-refractivity contribution in [1.82, 2.24) is 0 Å². The summed E-state index contributed by atoms with van der Waals surface area (Å²) in [6, 6.07) is 7.63. The van der Waals surface area contributed by atoms with Gasteiger partial charge in [-0.2, -0.15) is 0 Å². The first-order valence-electron chi connectivity index (χ1n) is 8.25. The number of oxime groups is 1. The molecule has 0 spiro atoms. The minimum atomic E-state index is -0.0637. The third-order valence-corrected chi connectivity index (χ3v) is 3.22. The Morgan fingerprint density at radius 2 is 1.70 bits per heavy atom. The van der Waals surface area contributed by atoms with Crippen LogP contribution in [0.4, 0.5) is 0 Å². The lowest BCUT2D eigenvalue weighted by atomic mass is 10.2. The molecule has 0 N–H and O–H groups in total. The van der Waals surface area contributed by atoms with Crippen LogP contribution in [0.5, 0.6) is 11.5 Å². The van der Waals surface area contributed by atoms with Crippen molar-refractivity contribution in [2.75, 3.05) is 13.2 Å². The monoisotopic (exact) mass is 319 g/mol. The van der Waals surface area contributed by atoms with Crippen LogP contribution < -0.4 is 9.47 Å². The van der Waals surface area contributed by atoms with Crippen molar-refractivity contribution in [3.8, 4) is 11.5 Å². The van der Waals surface area contributed by atoms with Gasteiger partial charge in [0.2, 0.25) is 0 Å². The second-order valence-electron chi connectivity index (χ2n) is 5.65. The van der Waals surface area contributed by atoms with Gasteiger partial charge >= 0.3 is 0 Å². The van der Waals surface area contributed by atoms with Crippen LogP contribution in [0.25, 0.3) is 0 Å². The van der Waals surface area contributed by atoms with Crippen LogP contribution in [0.1, 0.15) is 47.5 Å². The van der Waals surface area contributed by atoms with E-state index in [9.17, 15) is 0 Å². The van der Waals surface area contributed by atoms with Crippen LogP contribution in [0.2, 0.25) is 0 Å². The van der Waals surface area contributed by atoms with Crippen molar-refractivity contribution in [2.24, 2.45) is 5.16 Å². The molecule has 1 aromatic carbocycles. The van der Waals surface area contributed by atoms with E-state index in [1.807, 2.05) is 37.3 Å². The molecule has 0 radical (unpaired) electrons. The molecule has 4 heteroatoms. The third kappa shape index (κ3) is 8.29. The molecular weight excluding hydrogens is 290 g/mol. The molecule has 1 atom stereocenters. The molecule has 0 aliphatic rings. The molecular formula is C19H29NO3. The minimum Gasteiger partial charge on any atom is -0.490 e. The lowest BCUT2D eigenvalue weighted by molar-refractivity contribution is 0.0623. The number of hydrogen-bond acceptors (Lipinski definition) is 4. The third-order valence-electron chi connectivity index (χ3n) is 3.22. The second-order valence-corrected chi connectivity index (χ2v) is 5.65. The topological polar surface area (TPSA) is 40.0 Å². The maximum absolute atomic E-state index is 5.80. The Morgan fingerprint density at radius 3 is 2.26 bits per heavy atom. The molecule has 1 rings (SSSR count). The Balaban J connectivity index is 2.39. The van der Waals surface area contributed by atoms with Crippen LogP contribution in [-0.2, 0) is 4.84 Å². The Bertz CT molecular complexity index is 496. The zero-order valence-corrected chi connectivity index (χ0v) is 15.0. The zero-order chi connectivity index (χ0) is 17.1. The summed E-state index contributed by atoms with van der Waals surface area (Å²) < 4.78 is 11.4. The normalized spacial score (nSPS) is 11.3. The first-order valence-corrected chi connectivity index (χ1v) is 8.25. The highest BCUT2D eigenvalue weighted by atomic mass is 16.6. The predicted octanol–water partition coefficient (Wildman–Crippen LogP) is 4.99. The van der Waals surface area contributed by atoms with E-state index >= 15 is 0 Å². The molecule has 128 valence electrons. The van der Waals surface area contributed by atoms with Crippen molar-refractivity contribution in [3.05, 3.63) is 35.9 Å². The maximum Gasteiger partial charge on any atom is 0.153 e. The second kappa shape index (κ2) is 10.7. The average Bonchev–Trinajstić information content (AvgIpc) is 2.53. The Labute approximate surface area is 140 Å². The first kappa shape index (κ1) is 19.1. The summed E-state index contributed by atoms with van der Waals surface area (Å²) in [5.41, 5.74) is 2.31. The lowest BCUT2D eigenvalue weighted by Gasteiger charge is -2.14. The van der Waals surface area contributed by atoms with Crippen LogP contribution in [0.3, 0.4) is 0 Å². The van der Waals surface area contributed by atoms with E-state index in [4.69, 9.17) is 14.3 Å². The Hall–Kier alpha value is -1.97. The smallest absolute Gasteiger partial charge is 0.153 e. The zero-order valence-electron chi connectivity index (χ0n) is 15.0. The number of ether oxygens (including phenoxy) is 2. The van der Waals surface area contributed by atoms with Crippen molar-refractivity contribution in [3.63, 3.8) is 0 Å². The minimum absolute atomic E-state index is 0.0637. The highest BCUT2D eigenvalue weighted by Crippen LogP contribution is 2.18. The number of rotatable bonds is 10. The van der Waals surface area contributed by atoms with E-state index < -0.39 is 0 Å². The van der Waals surface area contributed by atoms with Gasteiger partial charge in [0.05, 0.1) is 5.71 Å². The van der Waals surface area contributed by atoms with Gasteiger partial charge in [-0.1, -0.05) is 24.6 Å². The number of hydrogen-bond donors (Lipinski definition) is 0. The summed E-state index contributed by atoms with van der Waals surface area (Å²) in [5.74, 6) is 1.63. The molecule has 0 aliphatic heterocycles. The Kier molecular flexibility index (Phi) is 8.88. The van der Waals surface area contributed by atoms with Gasteiger partial charge < -0.3 is 14.3 Å². The van der Waals surface area contributed by atoms with Crippen molar-refractivity contribution in [1.29, 1.82) is 0 Å². The van der Waals surface area contributed by atoms with E-state index in [0.717, 1.165) is 30.1 Å². The molecule has 0 saturated carbocycles. The van der Waals surface area contributed by atoms with Crippen molar-refractivity contribution >= 4 is 5.71 Å². The van der Waals surface area contributed by atoms with E-state index in [0.29, 0.717) is 13.2 Å². The largest absolute Gasteiger partial charge is 0.490 e. The van der Waals surface area contributed by atoms with Crippen LogP contribution in [0.15, 0.2) is 41.1 Å². The van der Waals surface area contributed by atoms with Gasteiger partial charge in [-0.3, -0.25) is 0 Å². The van der Waals surface area contributed by atoms with E-state index in [1.54, 1.807) is 0 Å². The molecule has 0 heterocycles. The van der Waals surface area contributed by atoms with Crippen LogP contribution in [-0.4, -0.2) is 25.0 Å². The molecule has 0 bridgehead atoms. The fraction of sp³-hybridized carbons (Fsp3) is 0.526. The molecule has 0 saturated heterocycles. The predicted molar refractivity (Wildman–Crippen MR) is 95.4 cm³/mol. The van der Waals surface area contributed by atoms with Gasteiger partial charge in [0, 0.05) is 0 Å². The summed E-state index contributed by atoms with van der Waals surface area (Å²) in [7, 11) is 0. The number of benzene rings is 1. The highest BCUT2D eigenvalue weighted by molar-refractivity contribution is 5.83. The summed E-state index contributed by atoms with van der Waals surface area (Å²) in [6.07, 6.45) is 3.82. The number of nitrogens with zero attached hydrogens (tertiary/aromatic N) is 1. The maximum atomic E-state index is 5.80. The number of allylic oxidation sites excluding steroid dienone is 1. The summed E-state index contributed by atoms with van der Waals surface area (Å²) in [4.78, 5) is 5.34. The fourth-order valence-corrected chi connectivity index (χ4v) is 1.80. The SMILES string of the molecule is CCC(CC)=NOCC(C)Oc1ccc(OCC=C(C)C)cc1. The molecule has 0 aliphatic carbocycles. The van der Waals surface area contributed by atoms with Gasteiger partial charge in [-0.15, -0.1) is 0 Å². The van der Waals surface area contributed by atoms with Gasteiger partial charge in [0.25, 0.3) is 0 Å². The van der Waals surface area contributed by atoms with E-state index in [2.05, 4.69) is 32.9 Å². The van der Waals surface area contributed by atoms with Gasteiger partial charge in [-0.25, -0.2) is 0 Å². The highest BCUT2D eigenvalue weighted by Gasteiger charge is 2.05.